The van der Waals surface area contributed by atoms with E-state index in [4.69, 9.17) is 9.05 Å². The van der Waals surface area contributed by atoms with E-state index in [1.807, 2.05) is 21.1 Å². The van der Waals surface area contributed by atoms with E-state index in [0.717, 1.165) is 51.4 Å². The van der Waals surface area contributed by atoms with Gasteiger partial charge >= 0.3 is 7.82 Å². The topological polar surface area (TPSA) is 105 Å². The van der Waals surface area contributed by atoms with E-state index in [2.05, 4.69) is 55.6 Å². The van der Waals surface area contributed by atoms with Crippen LogP contribution in [-0.4, -0.2) is 73.4 Å². The molecule has 3 N–H and O–H groups in total. The number of phosphoric acid groups is 1. The summed E-state index contributed by atoms with van der Waals surface area (Å²) in [5.41, 5.74) is 0. The fourth-order valence-corrected chi connectivity index (χ4v) is 10.4. The molecule has 0 spiro atoms. The van der Waals surface area contributed by atoms with Gasteiger partial charge in [0.25, 0.3) is 0 Å². The first-order chi connectivity index (χ1) is 35.5. The molecule has 0 bridgehead atoms. The van der Waals surface area contributed by atoms with E-state index < -0.39 is 20.0 Å². The normalized spacial score (nSPS) is 14.0. The molecule has 0 heterocycles. The molecule has 0 radical (unpaired) electrons. The van der Waals surface area contributed by atoms with E-state index >= 15 is 0 Å². The van der Waals surface area contributed by atoms with Crippen molar-refractivity contribution < 1.29 is 32.9 Å². The number of quaternary nitrogens is 1. The second-order valence-corrected chi connectivity index (χ2v) is 24.6. The monoisotopic (exact) mass is 1050 g/mol. The molecule has 0 saturated heterocycles. The van der Waals surface area contributed by atoms with Crippen molar-refractivity contribution in [3.05, 3.63) is 36.5 Å². The molecule has 0 aliphatic rings. The van der Waals surface area contributed by atoms with Crippen LogP contribution in [0.2, 0.25) is 0 Å². The summed E-state index contributed by atoms with van der Waals surface area (Å²) in [4.78, 5) is 23.4. The first kappa shape index (κ1) is 71.7. The molecular formula is C64H126N2O6P+. The zero-order valence-corrected chi connectivity index (χ0v) is 50.3. The number of likely N-dealkylation sites (N-methyl/N-ethyl adjacent to an activating group) is 1. The number of rotatable bonds is 59. The number of phosphoric ester groups is 1. The number of nitrogens with one attached hydrogen (secondary N) is 1. The fraction of sp³-hybridized carbons (Fsp3) is 0.891. The Bertz CT molecular complexity index is 1280. The molecule has 0 aromatic heterocycles. The van der Waals surface area contributed by atoms with Crippen molar-refractivity contribution >= 4 is 13.7 Å². The number of carbonyl (C=O) groups is 1. The van der Waals surface area contributed by atoms with Crippen LogP contribution < -0.4 is 5.32 Å². The molecule has 0 saturated carbocycles. The zero-order chi connectivity index (χ0) is 53.5. The molecule has 9 heteroatoms. The highest BCUT2D eigenvalue weighted by Gasteiger charge is 2.28. The third-order valence-electron chi connectivity index (χ3n) is 14.6. The van der Waals surface area contributed by atoms with Crippen molar-refractivity contribution in [3.8, 4) is 0 Å². The van der Waals surface area contributed by atoms with Crippen molar-refractivity contribution in [2.24, 2.45) is 0 Å². The fourth-order valence-electron chi connectivity index (χ4n) is 9.65. The van der Waals surface area contributed by atoms with Crippen LogP contribution in [-0.2, 0) is 18.4 Å². The third-order valence-corrected chi connectivity index (χ3v) is 15.6. The highest BCUT2D eigenvalue weighted by Crippen LogP contribution is 2.43. The first-order valence-electron chi connectivity index (χ1n) is 31.9. The number of aliphatic hydroxyl groups excluding tert-OH is 1. The van der Waals surface area contributed by atoms with Crippen LogP contribution >= 0.6 is 7.82 Å². The van der Waals surface area contributed by atoms with Gasteiger partial charge in [0.05, 0.1) is 39.9 Å². The Labute approximate surface area is 455 Å². The number of aliphatic hydroxyl groups is 1. The van der Waals surface area contributed by atoms with Crippen LogP contribution in [0.25, 0.3) is 0 Å². The molecule has 0 aliphatic carbocycles. The first-order valence-corrected chi connectivity index (χ1v) is 33.3. The maximum atomic E-state index is 13.0. The van der Waals surface area contributed by atoms with Crippen LogP contribution in [0.4, 0.5) is 0 Å². The standard InChI is InChI=1S/C64H125N2O6P/c1-6-8-10-12-14-16-18-20-22-24-26-28-29-30-31-32-33-34-35-36-37-38-40-42-44-46-48-50-52-54-56-58-64(68)65-62(61-72-73(69,70)71-60-59-66(3,4)5)63(67)57-55-53-51-49-47-45-43-41-39-27-25-23-21-19-17-15-13-11-9-7-2/h18,20,24,26,29-30,62-63,67H,6-17,19,21-23,25,27-28,31-61H2,1-5H3,(H-,65,68,69,70)/p+1/b20-18-,26-24-,30-29-. The summed E-state index contributed by atoms with van der Waals surface area (Å²) in [6, 6.07) is -0.761. The molecule has 432 valence electrons. The van der Waals surface area contributed by atoms with Gasteiger partial charge in [-0.2, -0.15) is 0 Å². The molecule has 0 fully saturated rings. The molecule has 0 aliphatic heterocycles. The van der Waals surface area contributed by atoms with Gasteiger partial charge < -0.3 is 19.8 Å². The van der Waals surface area contributed by atoms with Gasteiger partial charge in [0.15, 0.2) is 0 Å². The molecule has 8 nitrogen and oxygen atoms in total. The summed E-state index contributed by atoms with van der Waals surface area (Å²) < 4.78 is 23.8. The molecule has 0 aromatic rings. The predicted octanol–water partition coefficient (Wildman–Crippen LogP) is 19.7. The largest absolute Gasteiger partial charge is 0.472 e. The molecule has 3 atom stereocenters. The lowest BCUT2D eigenvalue weighted by atomic mass is 10.0. The number of unbranched alkanes of at least 4 members (excludes halogenated alkanes) is 40. The van der Waals surface area contributed by atoms with Crippen molar-refractivity contribution in [2.45, 2.75) is 328 Å². The maximum absolute atomic E-state index is 13.0. The van der Waals surface area contributed by atoms with Crippen LogP contribution in [0, 0.1) is 0 Å². The Hall–Kier alpha value is -1.28. The van der Waals surface area contributed by atoms with Crippen LogP contribution in [0.15, 0.2) is 36.5 Å². The molecule has 0 aromatic carbocycles. The third kappa shape index (κ3) is 58.2. The van der Waals surface area contributed by atoms with Gasteiger partial charge in [-0.1, -0.05) is 294 Å². The van der Waals surface area contributed by atoms with Gasteiger partial charge in [0, 0.05) is 6.42 Å². The number of hydrogen-bond donors (Lipinski definition) is 3. The minimum absolute atomic E-state index is 0.0760. The second kappa shape index (κ2) is 55.5. The van der Waals surface area contributed by atoms with Gasteiger partial charge in [-0.3, -0.25) is 13.8 Å². The zero-order valence-electron chi connectivity index (χ0n) is 49.4. The van der Waals surface area contributed by atoms with Crippen LogP contribution in [0.1, 0.15) is 316 Å². The predicted molar refractivity (Wildman–Crippen MR) is 318 cm³/mol. The summed E-state index contributed by atoms with van der Waals surface area (Å²) in [6.45, 7) is 4.92. The Balaban J connectivity index is 4.05. The summed E-state index contributed by atoms with van der Waals surface area (Å²) in [5.74, 6) is -0.140. The lowest BCUT2D eigenvalue weighted by Gasteiger charge is -2.26. The average Bonchev–Trinajstić information content (AvgIpc) is 3.35. The van der Waals surface area contributed by atoms with E-state index in [9.17, 15) is 19.4 Å². The highest BCUT2D eigenvalue weighted by molar-refractivity contribution is 7.47. The lowest BCUT2D eigenvalue weighted by molar-refractivity contribution is -0.870. The van der Waals surface area contributed by atoms with Crippen molar-refractivity contribution in [1.29, 1.82) is 0 Å². The number of allylic oxidation sites excluding steroid dienone is 6. The van der Waals surface area contributed by atoms with Crippen LogP contribution in [0.3, 0.4) is 0 Å². The summed E-state index contributed by atoms with van der Waals surface area (Å²) in [5, 5.41) is 14.1. The van der Waals surface area contributed by atoms with E-state index in [0.29, 0.717) is 23.9 Å². The Morgan fingerprint density at radius 2 is 0.781 bits per heavy atom. The number of amides is 1. The summed E-state index contributed by atoms with van der Waals surface area (Å²) in [6.07, 6.45) is 72.1. The summed E-state index contributed by atoms with van der Waals surface area (Å²) >= 11 is 0. The maximum Gasteiger partial charge on any atom is 0.472 e. The summed E-state index contributed by atoms with van der Waals surface area (Å²) in [7, 11) is 1.63. The quantitative estimate of drug-likeness (QED) is 0.0243. The molecule has 1 amide bonds. The Morgan fingerprint density at radius 1 is 0.466 bits per heavy atom. The lowest BCUT2D eigenvalue weighted by Crippen LogP contribution is -2.46. The minimum atomic E-state index is -4.32. The van der Waals surface area contributed by atoms with E-state index in [1.54, 1.807) is 0 Å². The smallest absolute Gasteiger partial charge is 0.391 e. The van der Waals surface area contributed by atoms with Crippen LogP contribution in [0.5, 0.6) is 0 Å². The molecule has 0 rings (SSSR count). The number of nitrogens with zero attached hydrogens (tertiary/aromatic N) is 1. The second-order valence-electron chi connectivity index (χ2n) is 23.1. The van der Waals surface area contributed by atoms with Gasteiger partial charge in [-0.05, 0) is 51.4 Å². The average molecular weight is 1050 g/mol. The minimum Gasteiger partial charge on any atom is -0.391 e. The Kier molecular flexibility index (Phi) is 54.5. The highest BCUT2D eigenvalue weighted by atomic mass is 31.2. The van der Waals surface area contributed by atoms with Gasteiger partial charge in [-0.15, -0.1) is 0 Å². The van der Waals surface area contributed by atoms with Gasteiger partial charge in [-0.25, -0.2) is 4.57 Å². The van der Waals surface area contributed by atoms with Gasteiger partial charge in [0.1, 0.15) is 13.2 Å². The SMILES string of the molecule is CCCCCCC/C=C\C/C=C\C/C=C\CCCCCCCCCCCCCCCCCCC(=O)NC(COP(=O)(O)OCC[N+](C)(C)C)C(O)CCCCCCCCCCCCCCCCCCCCCC. The van der Waals surface area contributed by atoms with E-state index in [-0.39, 0.29) is 19.1 Å². The molecular weight excluding hydrogens is 924 g/mol. The van der Waals surface area contributed by atoms with E-state index in [1.165, 1.54) is 238 Å². The van der Waals surface area contributed by atoms with Crippen molar-refractivity contribution in [1.82, 2.24) is 5.32 Å². The van der Waals surface area contributed by atoms with Crippen molar-refractivity contribution in [2.75, 3.05) is 40.9 Å². The number of hydrogen-bond acceptors (Lipinski definition) is 5. The molecule has 3 unspecified atom stereocenters. The Morgan fingerprint density at radius 3 is 1.14 bits per heavy atom. The number of carbonyl (C=O) groups excluding carboxylic acids is 1. The molecule has 73 heavy (non-hydrogen) atoms. The van der Waals surface area contributed by atoms with Gasteiger partial charge in [0.2, 0.25) is 5.91 Å². The van der Waals surface area contributed by atoms with Crippen molar-refractivity contribution in [3.63, 3.8) is 0 Å².